The molecule has 5 atom stereocenters. The summed E-state index contributed by atoms with van der Waals surface area (Å²) in [4.78, 5) is 18.4. The maximum absolute atomic E-state index is 16.8. The molecule has 4 aliphatic heterocycles. The van der Waals surface area contributed by atoms with Crippen LogP contribution >= 0.6 is 0 Å². The van der Waals surface area contributed by atoms with Gasteiger partial charge in [-0.1, -0.05) is 54.6 Å². The Hall–Kier alpha value is -4.62. The molecule has 3 aromatic carbocycles. The van der Waals surface area contributed by atoms with Gasteiger partial charge in [-0.25, -0.2) is 8.78 Å². The normalized spacial score (nSPS) is 26.3. The molecule has 4 aliphatic rings. The second-order valence-electron chi connectivity index (χ2n) is 14.2. The lowest BCUT2D eigenvalue weighted by Gasteiger charge is -2.35. The number of benzene rings is 3. The van der Waals surface area contributed by atoms with Gasteiger partial charge in [-0.15, -0.1) is 13.2 Å². The Morgan fingerprint density at radius 1 is 0.922 bits per heavy atom. The zero-order valence-electron chi connectivity index (χ0n) is 27.5. The van der Waals surface area contributed by atoms with Crippen LogP contribution in [-0.4, -0.2) is 76.2 Å². The SMILES string of the molecule is Fc1c(-c2cccc3ccccc23)ncc2c(N3C[C@H]4CC[C@@H](C3)N4)nc(OCC34CCCN3C(c3ccc(OC(F)(F)F)cc3)C(F)C4)nc12. The Morgan fingerprint density at radius 2 is 1.69 bits per heavy atom. The molecule has 0 aliphatic carbocycles. The number of piperazine rings is 1. The van der Waals surface area contributed by atoms with Crippen molar-refractivity contribution in [3.63, 3.8) is 0 Å². The summed E-state index contributed by atoms with van der Waals surface area (Å²) in [5.41, 5.74) is 0.812. The lowest BCUT2D eigenvalue weighted by Crippen LogP contribution is -2.51. The van der Waals surface area contributed by atoms with Crippen molar-refractivity contribution in [1.29, 1.82) is 0 Å². The van der Waals surface area contributed by atoms with Crippen LogP contribution in [0.5, 0.6) is 11.8 Å². The predicted molar refractivity (Wildman–Crippen MR) is 182 cm³/mol. The highest BCUT2D eigenvalue weighted by atomic mass is 19.4. The number of hydrogen-bond donors (Lipinski definition) is 1. The van der Waals surface area contributed by atoms with Gasteiger partial charge in [0.25, 0.3) is 0 Å². The van der Waals surface area contributed by atoms with Gasteiger partial charge in [-0.3, -0.25) is 9.88 Å². The number of ether oxygens (including phenoxy) is 2. The van der Waals surface area contributed by atoms with Crippen molar-refractivity contribution in [3.8, 4) is 23.0 Å². The van der Waals surface area contributed by atoms with Gasteiger partial charge < -0.3 is 19.7 Å². The molecule has 0 saturated carbocycles. The van der Waals surface area contributed by atoms with Crippen molar-refractivity contribution in [2.24, 2.45) is 0 Å². The third-order valence-electron chi connectivity index (χ3n) is 11.0. The maximum Gasteiger partial charge on any atom is 0.573 e. The minimum absolute atomic E-state index is 0.00563. The van der Waals surface area contributed by atoms with Crippen LogP contribution in [0.25, 0.3) is 32.9 Å². The van der Waals surface area contributed by atoms with Crippen LogP contribution in [0.4, 0.5) is 27.8 Å². The van der Waals surface area contributed by atoms with Crippen molar-refractivity contribution in [1.82, 2.24) is 25.2 Å². The van der Waals surface area contributed by atoms with Crippen LogP contribution in [0.15, 0.2) is 72.9 Å². The first kappa shape index (κ1) is 32.3. The number of hydrogen-bond acceptors (Lipinski definition) is 8. The number of nitrogens with zero attached hydrogens (tertiary/aromatic N) is 5. The van der Waals surface area contributed by atoms with E-state index in [4.69, 9.17) is 9.72 Å². The third kappa shape index (κ3) is 5.80. The maximum atomic E-state index is 16.8. The summed E-state index contributed by atoms with van der Waals surface area (Å²) in [5, 5.41) is 5.96. The van der Waals surface area contributed by atoms with E-state index in [0.717, 1.165) is 30.0 Å². The Balaban J connectivity index is 1.06. The summed E-state index contributed by atoms with van der Waals surface area (Å²) in [7, 11) is 0. The number of rotatable bonds is 7. The van der Waals surface area contributed by atoms with Gasteiger partial charge in [0.15, 0.2) is 5.82 Å². The molecule has 51 heavy (non-hydrogen) atoms. The fraction of sp³-hybridized carbons (Fsp3) is 0.395. The number of fused-ring (bicyclic) bond motifs is 5. The molecule has 6 heterocycles. The van der Waals surface area contributed by atoms with Crippen molar-refractivity contribution < 1.29 is 31.4 Å². The number of aromatic nitrogens is 3. The molecule has 264 valence electrons. The molecule has 5 aromatic rings. The van der Waals surface area contributed by atoms with Crippen molar-refractivity contribution >= 4 is 27.5 Å². The summed E-state index contributed by atoms with van der Waals surface area (Å²) in [6.45, 7) is 2.06. The molecule has 8 nitrogen and oxygen atoms in total. The number of alkyl halides is 4. The number of halogens is 5. The lowest BCUT2D eigenvalue weighted by atomic mass is 9.94. The van der Waals surface area contributed by atoms with Crippen LogP contribution in [0, 0.1) is 5.82 Å². The topological polar surface area (TPSA) is 75.6 Å². The van der Waals surface area contributed by atoms with Crippen molar-refractivity contribution in [3.05, 3.63) is 84.3 Å². The van der Waals surface area contributed by atoms with Crippen LogP contribution in [0.1, 0.15) is 43.7 Å². The van der Waals surface area contributed by atoms with E-state index in [1.165, 1.54) is 24.3 Å². The van der Waals surface area contributed by atoms with Gasteiger partial charge in [-0.05, 0) is 60.7 Å². The van der Waals surface area contributed by atoms with E-state index in [-0.39, 0.29) is 36.0 Å². The Kier molecular flexibility index (Phi) is 7.76. The van der Waals surface area contributed by atoms with E-state index in [0.29, 0.717) is 60.5 Å². The van der Waals surface area contributed by atoms with E-state index in [9.17, 15) is 13.2 Å². The van der Waals surface area contributed by atoms with Crippen molar-refractivity contribution in [2.45, 2.75) is 68.3 Å². The number of nitrogens with one attached hydrogen (secondary N) is 1. The first-order valence-electron chi connectivity index (χ1n) is 17.4. The standard InChI is InChI=1S/C38H35F5N6O2/c39-30-17-37(15-4-16-49(37)34(30)23-9-13-26(14-10-23)51-38(41,42)43)21-50-36-46-33-29(35(47-36)48-19-24-11-12-25(20-48)45-24)18-44-32(31(33)40)28-8-3-6-22-5-1-2-7-27(22)28/h1-3,5-10,13-14,18,24-25,30,34,45H,4,11-12,15-17,19-21H2/t24-,25+,30?,34?,37?. The molecule has 13 heteroatoms. The zero-order chi connectivity index (χ0) is 34.9. The monoisotopic (exact) mass is 702 g/mol. The van der Waals surface area contributed by atoms with Gasteiger partial charge in [0.2, 0.25) is 0 Å². The van der Waals surface area contributed by atoms with Gasteiger partial charge in [0.05, 0.1) is 17.0 Å². The molecule has 4 saturated heterocycles. The highest BCUT2D eigenvalue weighted by Crippen LogP contribution is 2.50. The average molecular weight is 703 g/mol. The second kappa shape index (κ2) is 12.3. The second-order valence-corrected chi connectivity index (χ2v) is 14.2. The molecule has 2 bridgehead atoms. The molecule has 2 aromatic heterocycles. The predicted octanol–water partition coefficient (Wildman–Crippen LogP) is 7.52. The van der Waals surface area contributed by atoms with E-state index < -0.39 is 29.9 Å². The van der Waals surface area contributed by atoms with Gasteiger partial charge >= 0.3 is 12.4 Å². The molecule has 4 fully saturated rings. The van der Waals surface area contributed by atoms with Crippen LogP contribution in [0.3, 0.4) is 0 Å². The third-order valence-corrected chi connectivity index (χ3v) is 11.0. The number of pyridine rings is 1. The fourth-order valence-electron chi connectivity index (χ4n) is 8.87. The quantitative estimate of drug-likeness (QED) is 0.175. The molecule has 0 radical (unpaired) electrons. The van der Waals surface area contributed by atoms with Gasteiger partial charge in [0.1, 0.15) is 35.6 Å². The summed E-state index contributed by atoms with van der Waals surface area (Å²) >= 11 is 0. The molecular weight excluding hydrogens is 667 g/mol. The van der Waals surface area contributed by atoms with Crippen LogP contribution < -0.4 is 19.7 Å². The average Bonchev–Trinajstić information content (AvgIpc) is 3.76. The van der Waals surface area contributed by atoms with Crippen LogP contribution in [0.2, 0.25) is 0 Å². The molecule has 0 spiro atoms. The molecular formula is C38H35F5N6O2. The van der Waals surface area contributed by atoms with Crippen molar-refractivity contribution in [2.75, 3.05) is 31.1 Å². The molecule has 9 rings (SSSR count). The molecule has 0 amide bonds. The van der Waals surface area contributed by atoms with Crippen LogP contribution in [-0.2, 0) is 0 Å². The smallest absolute Gasteiger partial charge is 0.461 e. The van der Waals surface area contributed by atoms with Gasteiger partial charge in [-0.2, -0.15) is 9.97 Å². The Bertz CT molecular complexity index is 2100. The minimum atomic E-state index is -4.81. The summed E-state index contributed by atoms with van der Waals surface area (Å²) in [6, 6.07) is 18.8. The van der Waals surface area contributed by atoms with Gasteiger partial charge in [0, 0.05) is 43.4 Å². The summed E-state index contributed by atoms with van der Waals surface area (Å²) < 4.78 is 81.3. The van der Waals surface area contributed by atoms with E-state index in [1.807, 2.05) is 42.5 Å². The zero-order valence-corrected chi connectivity index (χ0v) is 27.5. The first-order valence-corrected chi connectivity index (χ1v) is 17.4. The minimum Gasteiger partial charge on any atom is -0.461 e. The lowest BCUT2D eigenvalue weighted by molar-refractivity contribution is -0.274. The summed E-state index contributed by atoms with van der Waals surface area (Å²) in [6.07, 6.45) is -0.723. The highest BCUT2D eigenvalue weighted by molar-refractivity contribution is 5.99. The number of anilines is 1. The van der Waals surface area contributed by atoms with E-state index >= 15 is 8.78 Å². The first-order chi connectivity index (χ1) is 24.6. The Labute approximate surface area is 290 Å². The fourth-order valence-corrected chi connectivity index (χ4v) is 8.87. The van der Waals surface area contributed by atoms with E-state index in [2.05, 4.69) is 29.8 Å². The molecule has 1 N–H and O–H groups in total. The largest absolute Gasteiger partial charge is 0.573 e. The summed E-state index contributed by atoms with van der Waals surface area (Å²) in [5.74, 6) is -0.374. The van der Waals surface area contributed by atoms with E-state index in [1.54, 1.807) is 6.20 Å². The highest BCUT2D eigenvalue weighted by Gasteiger charge is 2.55. The Morgan fingerprint density at radius 3 is 2.47 bits per heavy atom. The molecule has 3 unspecified atom stereocenters.